The summed E-state index contributed by atoms with van der Waals surface area (Å²) in [7, 11) is -3.52. The van der Waals surface area contributed by atoms with E-state index in [4.69, 9.17) is 4.74 Å². The predicted octanol–water partition coefficient (Wildman–Crippen LogP) is 3.31. The summed E-state index contributed by atoms with van der Waals surface area (Å²) in [5.74, 6) is 0.606. The van der Waals surface area contributed by atoms with E-state index in [1.54, 1.807) is 23.9 Å². The Morgan fingerprint density at radius 3 is 2.43 bits per heavy atom. The third kappa shape index (κ3) is 5.56. The Bertz CT molecular complexity index is 953. The Morgan fingerprint density at radius 2 is 1.80 bits per heavy atom. The van der Waals surface area contributed by atoms with Crippen molar-refractivity contribution in [2.24, 2.45) is 5.92 Å². The van der Waals surface area contributed by atoms with E-state index in [-0.39, 0.29) is 11.8 Å². The number of nitrogens with zero attached hydrogens (tertiary/aromatic N) is 1. The summed E-state index contributed by atoms with van der Waals surface area (Å²) in [6.45, 7) is 3.50. The van der Waals surface area contributed by atoms with Gasteiger partial charge in [-0.05, 0) is 61.9 Å². The van der Waals surface area contributed by atoms with Crippen LogP contribution in [0, 0.1) is 12.8 Å². The van der Waals surface area contributed by atoms with Gasteiger partial charge >= 0.3 is 0 Å². The molecule has 1 aliphatic rings. The van der Waals surface area contributed by atoms with E-state index in [0.717, 1.165) is 16.2 Å². The standard InChI is InChI=1S/C22H28N2O4S2/c1-17-5-3-4-6-21(17)28-16-13-23-22(25)18-11-14-24(15-12-18)30(26,27)20-9-7-19(29-2)8-10-20/h3-10,18H,11-16H2,1-2H3,(H,23,25). The molecule has 0 spiro atoms. The molecule has 1 saturated heterocycles. The number of benzene rings is 2. The second-order valence-corrected chi connectivity index (χ2v) is 10.1. The van der Waals surface area contributed by atoms with Gasteiger partial charge in [0.1, 0.15) is 12.4 Å². The van der Waals surface area contributed by atoms with Crippen molar-refractivity contribution in [3.8, 4) is 5.75 Å². The third-order valence-electron chi connectivity index (χ3n) is 5.27. The van der Waals surface area contributed by atoms with Gasteiger partial charge in [0.15, 0.2) is 0 Å². The Morgan fingerprint density at radius 1 is 1.13 bits per heavy atom. The summed E-state index contributed by atoms with van der Waals surface area (Å²) in [4.78, 5) is 13.8. The van der Waals surface area contributed by atoms with Crippen molar-refractivity contribution in [1.29, 1.82) is 0 Å². The molecule has 3 rings (SSSR count). The predicted molar refractivity (Wildman–Crippen MR) is 119 cm³/mol. The quantitative estimate of drug-likeness (QED) is 0.495. The summed E-state index contributed by atoms with van der Waals surface area (Å²) in [5.41, 5.74) is 1.06. The topological polar surface area (TPSA) is 75.7 Å². The molecule has 2 aromatic carbocycles. The van der Waals surface area contributed by atoms with E-state index < -0.39 is 10.0 Å². The summed E-state index contributed by atoms with van der Waals surface area (Å²) in [6.07, 6.45) is 2.99. The maximum absolute atomic E-state index is 12.8. The van der Waals surface area contributed by atoms with E-state index in [0.29, 0.717) is 44.0 Å². The lowest BCUT2D eigenvalue weighted by atomic mass is 9.97. The number of carbonyl (C=O) groups excluding carboxylic acids is 1. The molecule has 0 saturated carbocycles. The number of aryl methyl sites for hydroxylation is 1. The van der Waals surface area contributed by atoms with Crippen LogP contribution in [0.2, 0.25) is 0 Å². The van der Waals surface area contributed by atoms with E-state index >= 15 is 0 Å². The molecule has 1 aliphatic heterocycles. The molecule has 1 fully saturated rings. The van der Waals surface area contributed by atoms with Gasteiger partial charge in [-0.1, -0.05) is 18.2 Å². The molecule has 0 radical (unpaired) electrons. The molecule has 6 nitrogen and oxygen atoms in total. The fourth-order valence-electron chi connectivity index (χ4n) is 3.45. The Balaban J connectivity index is 1.45. The summed E-state index contributed by atoms with van der Waals surface area (Å²) >= 11 is 1.57. The van der Waals surface area contributed by atoms with Crippen LogP contribution in [0.1, 0.15) is 18.4 Å². The minimum atomic E-state index is -3.52. The summed E-state index contributed by atoms with van der Waals surface area (Å²) in [5, 5.41) is 2.91. The van der Waals surface area contributed by atoms with E-state index in [2.05, 4.69) is 5.32 Å². The number of carbonyl (C=O) groups is 1. The fourth-order valence-corrected chi connectivity index (χ4v) is 5.33. The number of nitrogens with one attached hydrogen (secondary N) is 1. The first kappa shape index (κ1) is 22.7. The van der Waals surface area contributed by atoms with Crippen molar-refractivity contribution in [3.63, 3.8) is 0 Å². The van der Waals surface area contributed by atoms with Crippen LogP contribution in [0.25, 0.3) is 0 Å². The average molecular weight is 449 g/mol. The van der Waals surface area contributed by atoms with Crippen LogP contribution in [0.4, 0.5) is 0 Å². The van der Waals surface area contributed by atoms with Crippen LogP contribution < -0.4 is 10.1 Å². The number of hydrogen-bond donors (Lipinski definition) is 1. The first-order valence-electron chi connectivity index (χ1n) is 10.0. The first-order valence-corrected chi connectivity index (χ1v) is 12.7. The molecule has 0 unspecified atom stereocenters. The number of hydrogen-bond acceptors (Lipinski definition) is 5. The lowest BCUT2D eigenvalue weighted by molar-refractivity contribution is -0.126. The van der Waals surface area contributed by atoms with Gasteiger partial charge in [0.05, 0.1) is 11.4 Å². The number of rotatable bonds is 8. The van der Waals surface area contributed by atoms with Gasteiger partial charge in [-0.15, -0.1) is 11.8 Å². The third-order valence-corrected chi connectivity index (χ3v) is 7.93. The van der Waals surface area contributed by atoms with Gasteiger partial charge < -0.3 is 10.1 Å². The highest BCUT2D eigenvalue weighted by Gasteiger charge is 2.31. The van der Waals surface area contributed by atoms with Crippen LogP contribution in [0.15, 0.2) is 58.3 Å². The number of piperidine rings is 1. The van der Waals surface area contributed by atoms with E-state index in [9.17, 15) is 13.2 Å². The maximum Gasteiger partial charge on any atom is 0.243 e. The zero-order valence-electron chi connectivity index (χ0n) is 17.3. The maximum atomic E-state index is 12.8. The molecule has 0 aromatic heterocycles. The SMILES string of the molecule is CSc1ccc(S(=O)(=O)N2CCC(C(=O)NCCOc3ccccc3C)CC2)cc1. The molecule has 1 N–H and O–H groups in total. The minimum Gasteiger partial charge on any atom is -0.491 e. The highest BCUT2D eigenvalue weighted by Crippen LogP contribution is 2.25. The Hall–Kier alpha value is -2.03. The van der Waals surface area contributed by atoms with Crippen molar-refractivity contribution in [2.45, 2.75) is 29.6 Å². The molecular formula is C22H28N2O4S2. The number of ether oxygens (including phenoxy) is 1. The minimum absolute atomic E-state index is 0.0373. The van der Waals surface area contributed by atoms with Crippen LogP contribution in [0.3, 0.4) is 0 Å². The zero-order chi connectivity index (χ0) is 21.6. The highest BCUT2D eigenvalue weighted by atomic mass is 32.2. The van der Waals surface area contributed by atoms with Gasteiger partial charge in [-0.2, -0.15) is 4.31 Å². The number of sulfonamides is 1. The van der Waals surface area contributed by atoms with Crippen molar-refractivity contribution in [1.82, 2.24) is 9.62 Å². The van der Waals surface area contributed by atoms with Crippen molar-refractivity contribution < 1.29 is 17.9 Å². The molecule has 30 heavy (non-hydrogen) atoms. The Kier molecular flexibility index (Phi) is 7.80. The first-order chi connectivity index (χ1) is 14.4. The summed E-state index contributed by atoms with van der Waals surface area (Å²) in [6, 6.07) is 14.7. The highest BCUT2D eigenvalue weighted by molar-refractivity contribution is 7.98. The van der Waals surface area contributed by atoms with Crippen LogP contribution >= 0.6 is 11.8 Å². The number of para-hydroxylation sites is 1. The molecule has 8 heteroatoms. The normalized spacial score (nSPS) is 15.7. The van der Waals surface area contributed by atoms with E-state index in [1.807, 2.05) is 49.6 Å². The van der Waals surface area contributed by atoms with Crippen LogP contribution in [-0.2, 0) is 14.8 Å². The summed E-state index contributed by atoms with van der Waals surface area (Å²) < 4.78 is 32.9. The fraction of sp³-hybridized carbons (Fsp3) is 0.409. The number of thioether (sulfide) groups is 1. The van der Waals surface area contributed by atoms with Gasteiger partial charge in [0.2, 0.25) is 15.9 Å². The molecule has 0 aliphatic carbocycles. The molecule has 2 aromatic rings. The van der Waals surface area contributed by atoms with Crippen molar-refractivity contribution in [2.75, 3.05) is 32.5 Å². The van der Waals surface area contributed by atoms with Gasteiger partial charge in [0, 0.05) is 23.9 Å². The number of amides is 1. The molecule has 162 valence electrons. The van der Waals surface area contributed by atoms with Crippen molar-refractivity contribution in [3.05, 3.63) is 54.1 Å². The van der Waals surface area contributed by atoms with Gasteiger partial charge in [-0.3, -0.25) is 4.79 Å². The molecule has 0 bridgehead atoms. The van der Waals surface area contributed by atoms with Crippen molar-refractivity contribution >= 4 is 27.7 Å². The smallest absolute Gasteiger partial charge is 0.243 e. The molecule has 1 amide bonds. The van der Waals surface area contributed by atoms with E-state index in [1.165, 1.54) is 4.31 Å². The monoisotopic (exact) mass is 448 g/mol. The lowest BCUT2D eigenvalue weighted by Gasteiger charge is -2.30. The second kappa shape index (κ2) is 10.3. The molecule has 1 heterocycles. The average Bonchev–Trinajstić information content (AvgIpc) is 2.77. The van der Waals surface area contributed by atoms with Crippen LogP contribution in [-0.4, -0.2) is 51.1 Å². The van der Waals surface area contributed by atoms with Gasteiger partial charge in [-0.25, -0.2) is 8.42 Å². The zero-order valence-corrected chi connectivity index (χ0v) is 19.0. The van der Waals surface area contributed by atoms with Gasteiger partial charge in [0.25, 0.3) is 0 Å². The lowest BCUT2D eigenvalue weighted by Crippen LogP contribution is -2.43. The molecule has 0 atom stereocenters. The molecular weight excluding hydrogens is 420 g/mol. The second-order valence-electron chi connectivity index (χ2n) is 7.26. The Labute approximate surface area is 183 Å². The van der Waals surface area contributed by atoms with Crippen LogP contribution in [0.5, 0.6) is 5.75 Å². The largest absolute Gasteiger partial charge is 0.491 e.